The number of hydrazine groups is 1. The number of benzene rings is 4. The zero-order valence-electron chi connectivity index (χ0n) is 27.4. The number of anilines is 2. The second kappa shape index (κ2) is 12.1. The Morgan fingerprint density at radius 1 is 0.840 bits per heavy atom. The van der Waals surface area contributed by atoms with Gasteiger partial charge >= 0.3 is 0 Å². The van der Waals surface area contributed by atoms with Gasteiger partial charge in [-0.15, -0.1) is 0 Å². The van der Waals surface area contributed by atoms with E-state index >= 15 is 4.79 Å². The highest BCUT2D eigenvalue weighted by Crippen LogP contribution is 2.66. The number of phenols is 1. The van der Waals surface area contributed by atoms with Crippen molar-refractivity contribution in [3.05, 3.63) is 129 Å². The van der Waals surface area contributed by atoms with Crippen molar-refractivity contribution >= 4 is 57.6 Å². The number of carbonyl (C=O) groups is 4. The van der Waals surface area contributed by atoms with Crippen LogP contribution in [0, 0.1) is 34.2 Å². The molecule has 4 amide bonds. The van der Waals surface area contributed by atoms with Gasteiger partial charge in [0.1, 0.15) is 11.5 Å². The van der Waals surface area contributed by atoms with E-state index in [1.54, 1.807) is 30.3 Å². The summed E-state index contributed by atoms with van der Waals surface area (Å²) in [5.74, 6) is -5.02. The number of nitrogens with zero attached hydrogens (tertiary/aromatic N) is 2. The number of amides is 4. The third-order valence-corrected chi connectivity index (χ3v) is 11.7. The molecule has 10 heteroatoms. The fraction of sp³-hybridized carbons (Fsp3) is 0.250. The predicted molar refractivity (Wildman–Crippen MR) is 195 cm³/mol. The van der Waals surface area contributed by atoms with E-state index < -0.39 is 46.8 Å². The summed E-state index contributed by atoms with van der Waals surface area (Å²) in [6.07, 6.45) is 2.40. The quantitative estimate of drug-likeness (QED) is 0.130. The first kappa shape index (κ1) is 32.2. The molecule has 2 heterocycles. The van der Waals surface area contributed by atoms with E-state index in [1.807, 2.05) is 79.7 Å². The van der Waals surface area contributed by atoms with Crippen molar-refractivity contribution < 1.29 is 29.0 Å². The number of aromatic hydroxyl groups is 1. The number of rotatable bonds is 6. The first-order valence-corrected chi connectivity index (χ1v) is 17.7. The van der Waals surface area contributed by atoms with Crippen LogP contribution in [0.25, 0.3) is 0 Å². The van der Waals surface area contributed by atoms with E-state index in [-0.39, 0.29) is 30.4 Å². The van der Waals surface area contributed by atoms with Crippen LogP contribution in [0.1, 0.15) is 35.4 Å². The third-order valence-electron chi connectivity index (χ3n) is 11.0. The molecule has 4 aliphatic rings. The average molecular weight is 780 g/mol. The van der Waals surface area contributed by atoms with Gasteiger partial charge in [0, 0.05) is 15.1 Å². The summed E-state index contributed by atoms with van der Waals surface area (Å²) in [6, 6.07) is 28.8. The van der Waals surface area contributed by atoms with E-state index in [0.29, 0.717) is 28.3 Å². The van der Waals surface area contributed by atoms with E-state index in [1.165, 1.54) is 12.0 Å². The smallest absolute Gasteiger partial charge is 0.260 e. The van der Waals surface area contributed by atoms with Crippen molar-refractivity contribution in [3.8, 4) is 11.5 Å². The molecule has 0 spiro atoms. The molecule has 2 saturated heterocycles. The van der Waals surface area contributed by atoms with Crippen LogP contribution in [0.5, 0.6) is 11.5 Å². The maximum Gasteiger partial charge on any atom is 0.260 e. The number of aryl methyl sites for hydroxylation is 1. The summed E-state index contributed by atoms with van der Waals surface area (Å²) in [5.41, 5.74) is 5.41. The number of hydrogen-bond acceptors (Lipinski definition) is 7. The molecule has 2 aliphatic carbocycles. The fourth-order valence-corrected chi connectivity index (χ4v) is 9.27. The second-order valence-corrected chi connectivity index (χ2v) is 14.7. The zero-order valence-corrected chi connectivity index (χ0v) is 29.5. The van der Waals surface area contributed by atoms with Gasteiger partial charge in [-0.05, 0) is 102 Å². The number of phenolic OH excluding ortho intramolecular Hbond substituents is 1. The standard InChI is InChI=1S/C40H34IN3O6/c1-22-11-15-25(16-12-22)42-44-37(47)30-21-29-27(19-20-28-33(29)38(48)43(36(28)46)26-17-13-24(41)14-18-26)35(34-31(45)9-6-10-32(34)50-2)40(30,39(44)49)23-7-4-3-5-8-23/h3-19,28-30,33,35,42,45H,20-21H2,1-2H3/t28-,29+,30-,33-,35+,40+/m0/s1. The Morgan fingerprint density at radius 3 is 2.26 bits per heavy atom. The minimum Gasteiger partial charge on any atom is -0.508 e. The number of allylic oxidation sites excluding steroid dienone is 2. The molecule has 0 bridgehead atoms. The molecule has 6 atom stereocenters. The molecule has 4 aromatic carbocycles. The molecule has 3 fully saturated rings. The molecular formula is C40H34IN3O6. The molecule has 2 aliphatic heterocycles. The van der Waals surface area contributed by atoms with Crippen LogP contribution >= 0.6 is 22.6 Å². The summed E-state index contributed by atoms with van der Waals surface area (Å²) in [7, 11) is 1.50. The molecule has 8 rings (SSSR count). The summed E-state index contributed by atoms with van der Waals surface area (Å²) in [6.45, 7) is 1.95. The Bertz CT molecular complexity index is 2080. The molecule has 9 nitrogen and oxygen atoms in total. The summed E-state index contributed by atoms with van der Waals surface area (Å²) in [5, 5.41) is 12.8. The molecule has 252 valence electrons. The number of fused-ring (bicyclic) bond motifs is 4. The molecule has 2 N–H and O–H groups in total. The molecule has 0 radical (unpaired) electrons. The van der Waals surface area contributed by atoms with Crippen LogP contribution in [0.2, 0.25) is 0 Å². The Balaban J connectivity index is 1.34. The molecule has 4 aromatic rings. The lowest BCUT2D eigenvalue weighted by Crippen LogP contribution is -2.53. The summed E-state index contributed by atoms with van der Waals surface area (Å²) in [4.78, 5) is 59.8. The second-order valence-electron chi connectivity index (χ2n) is 13.5. The van der Waals surface area contributed by atoms with Crippen LogP contribution < -0.4 is 15.1 Å². The SMILES string of the molecule is COc1cccc(O)c1[C@H]1C2=CC[C@@H]3C(=O)N(c4ccc(I)cc4)C(=O)[C@@H]3[C@@H]2C[C@H]2C(=O)N(Nc3ccc(C)cc3)C(=O)[C@@]12c1ccccc1. The molecule has 50 heavy (non-hydrogen) atoms. The fourth-order valence-electron chi connectivity index (χ4n) is 8.91. The summed E-state index contributed by atoms with van der Waals surface area (Å²) >= 11 is 2.18. The molecule has 1 saturated carbocycles. The lowest BCUT2D eigenvalue weighted by molar-refractivity contribution is -0.138. The number of ether oxygens (including phenoxy) is 1. The van der Waals surface area contributed by atoms with Crippen molar-refractivity contribution in [1.29, 1.82) is 0 Å². The molecular weight excluding hydrogens is 745 g/mol. The van der Waals surface area contributed by atoms with E-state index in [0.717, 1.165) is 19.7 Å². The van der Waals surface area contributed by atoms with Crippen molar-refractivity contribution in [3.63, 3.8) is 0 Å². The lowest BCUT2D eigenvalue weighted by atomic mass is 9.49. The minimum atomic E-state index is -1.52. The van der Waals surface area contributed by atoms with Gasteiger partial charge in [0.25, 0.3) is 11.8 Å². The van der Waals surface area contributed by atoms with Crippen molar-refractivity contribution in [1.82, 2.24) is 5.01 Å². The maximum absolute atomic E-state index is 15.3. The number of methoxy groups -OCH3 is 1. The van der Waals surface area contributed by atoms with Crippen LogP contribution in [0.4, 0.5) is 11.4 Å². The van der Waals surface area contributed by atoms with Gasteiger partial charge in [-0.1, -0.05) is 65.7 Å². The lowest BCUT2D eigenvalue weighted by Gasteiger charge is -2.50. The number of carbonyl (C=O) groups excluding carboxylic acids is 4. The first-order valence-electron chi connectivity index (χ1n) is 16.6. The normalized spacial score (nSPS) is 27.1. The van der Waals surface area contributed by atoms with Crippen molar-refractivity contribution in [2.24, 2.45) is 23.7 Å². The number of imide groups is 2. The van der Waals surface area contributed by atoms with Gasteiger partial charge in [0.2, 0.25) is 11.8 Å². The zero-order chi connectivity index (χ0) is 34.9. The van der Waals surface area contributed by atoms with Gasteiger partial charge in [-0.3, -0.25) is 29.5 Å². The third kappa shape index (κ3) is 4.64. The van der Waals surface area contributed by atoms with Crippen LogP contribution in [0.3, 0.4) is 0 Å². The van der Waals surface area contributed by atoms with Crippen molar-refractivity contribution in [2.75, 3.05) is 17.4 Å². The highest BCUT2D eigenvalue weighted by Gasteiger charge is 2.71. The van der Waals surface area contributed by atoms with Crippen LogP contribution in [-0.2, 0) is 24.6 Å². The van der Waals surface area contributed by atoms with Crippen LogP contribution in [0.15, 0.2) is 109 Å². The summed E-state index contributed by atoms with van der Waals surface area (Å²) < 4.78 is 6.83. The molecule has 0 aromatic heterocycles. The predicted octanol–water partition coefficient (Wildman–Crippen LogP) is 6.50. The Kier molecular flexibility index (Phi) is 7.81. The molecule has 0 unspecified atom stereocenters. The Hall–Kier alpha value is -4.97. The Labute approximate surface area is 303 Å². The number of halogens is 1. The van der Waals surface area contributed by atoms with Gasteiger partial charge < -0.3 is 9.84 Å². The van der Waals surface area contributed by atoms with E-state index in [2.05, 4.69) is 28.0 Å². The Morgan fingerprint density at radius 2 is 1.56 bits per heavy atom. The van der Waals surface area contributed by atoms with E-state index in [4.69, 9.17) is 4.74 Å². The number of nitrogens with one attached hydrogen (secondary N) is 1. The highest BCUT2D eigenvalue weighted by molar-refractivity contribution is 14.1. The van der Waals surface area contributed by atoms with Gasteiger partial charge in [-0.2, -0.15) is 5.01 Å². The van der Waals surface area contributed by atoms with Crippen LogP contribution in [-0.4, -0.2) is 40.9 Å². The monoisotopic (exact) mass is 779 g/mol. The number of hydrogen-bond donors (Lipinski definition) is 2. The first-order chi connectivity index (χ1) is 24.2. The van der Waals surface area contributed by atoms with Gasteiger partial charge in [0.05, 0.1) is 41.7 Å². The van der Waals surface area contributed by atoms with Gasteiger partial charge in [0.15, 0.2) is 0 Å². The van der Waals surface area contributed by atoms with Crippen molar-refractivity contribution in [2.45, 2.75) is 31.1 Å². The van der Waals surface area contributed by atoms with Gasteiger partial charge in [-0.25, -0.2) is 0 Å². The highest BCUT2D eigenvalue weighted by atomic mass is 127. The van der Waals surface area contributed by atoms with E-state index in [9.17, 15) is 19.5 Å². The largest absolute Gasteiger partial charge is 0.508 e. The average Bonchev–Trinajstić information content (AvgIpc) is 3.51. The maximum atomic E-state index is 15.3. The minimum absolute atomic E-state index is 0.0911. The topological polar surface area (TPSA) is 116 Å².